The topological polar surface area (TPSA) is 12.0 Å². The minimum absolute atomic E-state index is 0.452. The van der Waals surface area contributed by atoms with Crippen molar-refractivity contribution in [1.82, 2.24) is 5.32 Å². The van der Waals surface area contributed by atoms with Crippen molar-refractivity contribution in [3.8, 4) is 12.3 Å². The number of hydrogen-bond donors (Lipinski definition) is 1. The Bertz CT molecular complexity index is 354. The van der Waals surface area contributed by atoms with Crippen LogP contribution in [0.5, 0.6) is 0 Å². The zero-order valence-electron chi connectivity index (χ0n) is 9.67. The first kappa shape index (κ1) is 13.1. The largest absolute Gasteiger partial charge is 0.317 e. The lowest BCUT2D eigenvalue weighted by Gasteiger charge is -2.16. The van der Waals surface area contributed by atoms with Crippen LogP contribution in [-0.2, 0) is 6.42 Å². The average molecular weight is 236 g/mol. The molecule has 1 N–H and O–H groups in total. The van der Waals surface area contributed by atoms with Gasteiger partial charge in [0.1, 0.15) is 0 Å². The fourth-order valence-corrected chi connectivity index (χ4v) is 1.94. The second-order valence-electron chi connectivity index (χ2n) is 3.88. The third-order valence-corrected chi connectivity index (χ3v) is 3.07. The maximum Gasteiger partial charge on any atom is 0.0438 e. The fourth-order valence-electron chi connectivity index (χ4n) is 1.73. The molecule has 1 atom stereocenters. The zero-order valence-corrected chi connectivity index (χ0v) is 10.4. The summed E-state index contributed by atoms with van der Waals surface area (Å²) in [4.78, 5) is 0. The molecule has 0 aromatic heterocycles. The van der Waals surface area contributed by atoms with E-state index in [1.807, 2.05) is 25.2 Å². The van der Waals surface area contributed by atoms with Gasteiger partial charge in [0, 0.05) is 17.5 Å². The highest BCUT2D eigenvalue weighted by Gasteiger charge is 2.08. The smallest absolute Gasteiger partial charge is 0.0438 e. The number of nitrogens with one attached hydrogen (secondary N) is 1. The van der Waals surface area contributed by atoms with Gasteiger partial charge in [0.25, 0.3) is 0 Å². The van der Waals surface area contributed by atoms with Crippen molar-refractivity contribution in [2.24, 2.45) is 0 Å². The van der Waals surface area contributed by atoms with Crippen molar-refractivity contribution in [1.29, 1.82) is 0 Å². The Kier molecular flexibility index (Phi) is 6.00. The Labute approximate surface area is 103 Å². The lowest BCUT2D eigenvalue weighted by molar-refractivity contribution is 0.506. The average Bonchev–Trinajstić information content (AvgIpc) is 2.30. The molecule has 0 amide bonds. The summed E-state index contributed by atoms with van der Waals surface area (Å²) < 4.78 is 0. The summed E-state index contributed by atoms with van der Waals surface area (Å²) in [7, 11) is 1.98. The predicted molar refractivity (Wildman–Crippen MR) is 70.7 cm³/mol. The van der Waals surface area contributed by atoms with E-state index in [1.165, 1.54) is 5.56 Å². The van der Waals surface area contributed by atoms with Crippen molar-refractivity contribution in [2.75, 3.05) is 7.05 Å². The first-order chi connectivity index (χ1) is 7.77. The van der Waals surface area contributed by atoms with Crippen LogP contribution in [0.25, 0.3) is 0 Å². The van der Waals surface area contributed by atoms with E-state index in [4.69, 9.17) is 18.0 Å². The number of halogens is 1. The van der Waals surface area contributed by atoms with E-state index in [1.54, 1.807) is 0 Å². The summed E-state index contributed by atoms with van der Waals surface area (Å²) in [6, 6.07) is 8.44. The molecule has 1 aromatic rings. The summed E-state index contributed by atoms with van der Waals surface area (Å²) in [5.41, 5.74) is 1.20. The molecule has 0 aliphatic heterocycles. The zero-order chi connectivity index (χ0) is 11.8. The summed E-state index contributed by atoms with van der Waals surface area (Å²) in [6.07, 6.45) is 9.20. The molecule has 0 fully saturated rings. The molecular formula is C14H18ClN. The molecule has 2 heteroatoms. The van der Waals surface area contributed by atoms with E-state index in [0.29, 0.717) is 6.04 Å². The van der Waals surface area contributed by atoms with E-state index in [0.717, 1.165) is 30.7 Å². The van der Waals surface area contributed by atoms with Crippen molar-refractivity contribution in [3.05, 3.63) is 34.9 Å². The van der Waals surface area contributed by atoms with Crippen LogP contribution in [0.4, 0.5) is 0 Å². The van der Waals surface area contributed by atoms with Gasteiger partial charge in [0.2, 0.25) is 0 Å². The molecule has 0 radical (unpaired) electrons. The van der Waals surface area contributed by atoms with Crippen molar-refractivity contribution < 1.29 is 0 Å². The van der Waals surface area contributed by atoms with Gasteiger partial charge in [-0.2, -0.15) is 0 Å². The Balaban J connectivity index is 2.50. The molecule has 1 rings (SSSR count). The van der Waals surface area contributed by atoms with Gasteiger partial charge in [0.05, 0.1) is 0 Å². The SMILES string of the molecule is C#CCCCC(Cc1ccccc1Cl)NC. The molecule has 0 aliphatic carbocycles. The second kappa shape index (κ2) is 7.33. The molecule has 16 heavy (non-hydrogen) atoms. The first-order valence-electron chi connectivity index (χ1n) is 5.62. The molecule has 0 heterocycles. The third kappa shape index (κ3) is 4.26. The van der Waals surface area contributed by atoms with Gasteiger partial charge in [0.15, 0.2) is 0 Å². The highest BCUT2D eigenvalue weighted by molar-refractivity contribution is 6.31. The lowest BCUT2D eigenvalue weighted by atomic mass is 10.0. The number of likely N-dealkylation sites (N-methyl/N-ethyl adjacent to an activating group) is 1. The van der Waals surface area contributed by atoms with Gasteiger partial charge in [-0.05, 0) is 37.9 Å². The van der Waals surface area contributed by atoms with E-state index in [2.05, 4.69) is 17.3 Å². The Morgan fingerprint density at radius 2 is 2.19 bits per heavy atom. The first-order valence-corrected chi connectivity index (χ1v) is 6.00. The van der Waals surface area contributed by atoms with Crippen LogP contribution in [0.2, 0.25) is 5.02 Å². The summed E-state index contributed by atoms with van der Waals surface area (Å²) >= 11 is 6.13. The van der Waals surface area contributed by atoms with Crippen molar-refractivity contribution >= 4 is 11.6 Å². The van der Waals surface area contributed by atoms with E-state index >= 15 is 0 Å². The predicted octanol–water partition coefficient (Wildman–Crippen LogP) is 3.27. The molecular weight excluding hydrogens is 218 g/mol. The molecule has 0 bridgehead atoms. The van der Waals surface area contributed by atoms with Crippen molar-refractivity contribution in [3.63, 3.8) is 0 Å². The number of rotatable bonds is 6. The molecule has 1 aromatic carbocycles. The molecule has 1 nitrogen and oxygen atoms in total. The summed E-state index contributed by atoms with van der Waals surface area (Å²) in [5, 5.41) is 4.16. The van der Waals surface area contributed by atoms with Gasteiger partial charge < -0.3 is 5.32 Å². The van der Waals surface area contributed by atoms with Crippen LogP contribution in [0, 0.1) is 12.3 Å². The minimum Gasteiger partial charge on any atom is -0.317 e. The van der Waals surface area contributed by atoms with Gasteiger partial charge >= 0.3 is 0 Å². The normalized spacial score (nSPS) is 12.1. The third-order valence-electron chi connectivity index (χ3n) is 2.71. The maximum absolute atomic E-state index is 6.13. The molecule has 0 aliphatic rings. The standard InChI is InChI=1S/C14H18ClN/c1-3-4-5-9-13(16-2)11-12-8-6-7-10-14(12)15/h1,6-8,10,13,16H,4-5,9,11H2,2H3. The fraction of sp³-hybridized carbons (Fsp3) is 0.429. The number of terminal acetylenes is 1. The lowest BCUT2D eigenvalue weighted by Crippen LogP contribution is -2.27. The van der Waals surface area contributed by atoms with Crippen LogP contribution >= 0.6 is 11.6 Å². The maximum atomic E-state index is 6.13. The summed E-state index contributed by atoms with van der Waals surface area (Å²) in [6.45, 7) is 0. The monoisotopic (exact) mass is 235 g/mol. The van der Waals surface area contributed by atoms with Crippen LogP contribution in [-0.4, -0.2) is 13.1 Å². The minimum atomic E-state index is 0.452. The van der Waals surface area contributed by atoms with Gasteiger partial charge in [-0.15, -0.1) is 12.3 Å². The highest BCUT2D eigenvalue weighted by Crippen LogP contribution is 2.18. The Morgan fingerprint density at radius 1 is 1.44 bits per heavy atom. The molecule has 0 saturated heterocycles. The van der Waals surface area contributed by atoms with Gasteiger partial charge in [-0.3, -0.25) is 0 Å². The number of unbranched alkanes of at least 4 members (excludes halogenated alkanes) is 1. The molecule has 86 valence electrons. The molecule has 1 unspecified atom stereocenters. The Hall–Kier alpha value is -0.970. The van der Waals surface area contributed by atoms with Gasteiger partial charge in [-0.1, -0.05) is 29.8 Å². The Morgan fingerprint density at radius 3 is 2.81 bits per heavy atom. The van der Waals surface area contributed by atoms with E-state index in [-0.39, 0.29) is 0 Å². The van der Waals surface area contributed by atoms with Crippen LogP contribution in [0.15, 0.2) is 24.3 Å². The quantitative estimate of drug-likeness (QED) is 0.590. The molecule has 0 saturated carbocycles. The van der Waals surface area contributed by atoms with E-state index in [9.17, 15) is 0 Å². The van der Waals surface area contributed by atoms with Crippen LogP contribution < -0.4 is 5.32 Å². The van der Waals surface area contributed by atoms with Crippen molar-refractivity contribution in [2.45, 2.75) is 31.7 Å². The number of hydrogen-bond acceptors (Lipinski definition) is 1. The highest BCUT2D eigenvalue weighted by atomic mass is 35.5. The summed E-state index contributed by atoms with van der Waals surface area (Å²) in [5.74, 6) is 2.67. The van der Waals surface area contributed by atoms with Crippen LogP contribution in [0.1, 0.15) is 24.8 Å². The van der Waals surface area contributed by atoms with E-state index < -0.39 is 0 Å². The number of benzene rings is 1. The molecule has 0 spiro atoms. The van der Waals surface area contributed by atoms with Gasteiger partial charge in [-0.25, -0.2) is 0 Å². The second-order valence-corrected chi connectivity index (χ2v) is 4.28. The van der Waals surface area contributed by atoms with Crippen LogP contribution in [0.3, 0.4) is 0 Å².